The SMILES string of the molecule is COc1ccc(OC)c(C2(c3ccccc3)CC(C)C2)c1. The molecule has 21 heavy (non-hydrogen) atoms. The van der Waals surface area contributed by atoms with Gasteiger partial charge in [-0.15, -0.1) is 0 Å². The van der Waals surface area contributed by atoms with Crippen LogP contribution in [0.4, 0.5) is 0 Å². The summed E-state index contributed by atoms with van der Waals surface area (Å²) in [7, 11) is 3.45. The van der Waals surface area contributed by atoms with Crippen molar-refractivity contribution in [2.45, 2.75) is 25.2 Å². The van der Waals surface area contributed by atoms with Crippen LogP contribution in [0.3, 0.4) is 0 Å². The van der Waals surface area contributed by atoms with Gasteiger partial charge in [0.15, 0.2) is 0 Å². The molecule has 2 aromatic carbocycles. The van der Waals surface area contributed by atoms with Gasteiger partial charge in [0.25, 0.3) is 0 Å². The van der Waals surface area contributed by atoms with Crippen molar-refractivity contribution in [2.24, 2.45) is 5.92 Å². The summed E-state index contributed by atoms with van der Waals surface area (Å²) in [5.41, 5.74) is 2.67. The standard InChI is InChI=1S/C19H22O2/c1-14-12-19(13-14,15-7-5-4-6-8-15)17-11-16(20-2)9-10-18(17)21-3/h4-11,14H,12-13H2,1-3H3. The van der Waals surface area contributed by atoms with Gasteiger partial charge >= 0.3 is 0 Å². The number of hydrogen-bond acceptors (Lipinski definition) is 2. The number of hydrogen-bond donors (Lipinski definition) is 0. The number of methoxy groups -OCH3 is 2. The molecule has 1 saturated carbocycles. The minimum Gasteiger partial charge on any atom is -0.497 e. The van der Waals surface area contributed by atoms with Gasteiger partial charge in [-0.3, -0.25) is 0 Å². The maximum absolute atomic E-state index is 5.63. The summed E-state index contributed by atoms with van der Waals surface area (Å²) < 4.78 is 11.1. The minimum atomic E-state index is 0.0561. The molecule has 2 heteroatoms. The normalized spacial score (nSPS) is 24.2. The van der Waals surface area contributed by atoms with Gasteiger partial charge in [-0.05, 0) is 42.5 Å². The molecule has 0 amide bonds. The van der Waals surface area contributed by atoms with Crippen molar-refractivity contribution in [3.8, 4) is 11.5 Å². The predicted octanol–water partition coefficient (Wildman–Crippen LogP) is 4.42. The average Bonchev–Trinajstić information content (AvgIpc) is 2.52. The van der Waals surface area contributed by atoms with Gasteiger partial charge in [0.1, 0.15) is 11.5 Å². The first kappa shape index (κ1) is 14.0. The van der Waals surface area contributed by atoms with E-state index in [4.69, 9.17) is 9.47 Å². The molecule has 0 spiro atoms. The largest absolute Gasteiger partial charge is 0.497 e. The Kier molecular flexibility index (Phi) is 3.62. The third-order valence-electron chi connectivity index (χ3n) is 4.64. The van der Waals surface area contributed by atoms with E-state index in [1.807, 2.05) is 12.1 Å². The van der Waals surface area contributed by atoms with Gasteiger partial charge in [-0.25, -0.2) is 0 Å². The summed E-state index contributed by atoms with van der Waals surface area (Å²) in [5.74, 6) is 2.58. The molecule has 2 aromatic rings. The lowest BCUT2D eigenvalue weighted by atomic mass is 9.56. The van der Waals surface area contributed by atoms with Gasteiger partial charge in [-0.1, -0.05) is 37.3 Å². The highest BCUT2D eigenvalue weighted by molar-refractivity contribution is 5.52. The first-order valence-electron chi connectivity index (χ1n) is 7.47. The topological polar surface area (TPSA) is 18.5 Å². The van der Waals surface area contributed by atoms with Gasteiger partial charge in [0.2, 0.25) is 0 Å². The summed E-state index contributed by atoms with van der Waals surface area (Å²) in [5, 5.41) is 0. The second-order valence-corrected chi connectivity index (χ2v) is 6.03. The molecule has 0 atom stereocenters. The zero-order valence-electron chi connectivity index (χ0n) is 12.9. The molecule has 0 aliphatic heterocycles. The van der Waals surface area contributed by atoms with Crippen LogP contribution >= 0.6 is 0 Å². The third kappa shape index (κ3) is 2.29. The van der Waals surface area contributed by atoms with Crippen LogP contribution in [0.5, 0.6) is 11.5 Å². The Hall–Kier alpha value is -1.96. The fraction of sp³-hybridized carbons (Fsp3) is 0.368. The quantitative estimate of drug-likeness (QED) is 0.826. The lowest BCUT2D eigenvalue weighted by Gasteiger charge is -2.48. The second kappa shape index (κ2) is 5.44. The molecule has 0 unspecified atom stereocenters. The molecule has 110 valence electrons. The van der Waals surface area contributed by atoms with Gasteiger partial charge < -0.3 is 9.47 Å². The van der Waals surface area contributed by atoms with Crippen LogP contribution in [0.2, 0.25) is 0 Å². The van der Waals surface area contributed by atoms with E-state index in [1.54, 1.807) is 14.2 Å². The van der Waals surface area contributed by atoms with Crippen molar-refractivity contribution in [3.63, 3.8) is 0 Å². The molecule has 1 aliphatic carbocycles. The lowest BCUT2D eigenvalue weighted by molar-refractivity contribution is 0.194. The summed E-state index contributed by atoms with van der Waals surface area (Å²) in [6, 6.07) is 16.9. The molecular weight excluding hydrogens is 260 g/mol. The van der Waals surface area contributed by atoms with Gasteiger partial charge in [-0.2, -0.15) is 0 Å². The summed E-state index contributed by atoms with van der Waals surface area (Å²) in [6.07, 6.45) is 2.31. The highest BCUT2D eigenvalue weighted by Crippen LogP contribution is 2.55. The van der Waals surface area contributed by atoms with Crippen LogP contribution in [0.1, 0.15) is 30.9 Å². The molecule has 0 radical (unpaired) electrons. The van der Waals surface area contributed by atoms with Crippen molar-refractivity contribution in [1.82, 2.24) is 0 Å². The van der Waals surface area contributed by atoms with Crippen molar-refractivity contribution in [3.05, 3.63) is 59.7 Å². The number of ether oxygens (including phenoxy) is 2. The minimum absolute atomic E-state index is 0.0561. The van der Waals surface area contributed by atoms with Gasteiger partial charge in [0.05, 0.1) is 14.2 Å². The molecule has 0 saturated heterocycles. The Morgan fingerprint density at radius 2 is 1.67 bits per heavy atom. The highest BCUT2D eigenvalue weighted by Gasteiger charge is 2.46. The Balaban J connectivity index is 2.14. The molecular formula is C19H22O2. The van der Waals surface area contributed by atoms with Gasteiger partial charge in [0, 0.05) is 11.0 Å². The van der Waals surface area contributed by atoms with E-state index in [-0.39, 0.29) is 5.41 Å². The maximum atomic E-state index is 5.63. The lowest BCUT2D eigenvalue weighted by Crippen LogP contribution is -2.41. The van der Waals surface area contributed by atoms with Crippen molar-refractivity contribution in [2.75, 3.05) is 14.2 Å². The fourth-order valence-corrected chi connectivity index (χ4v) is 3.69. The van der Waals surface area contributed by atoms with Crippen LogP contribution in [0.15, 0.2) is 48.5 Å². The summed E-state index contributed by atoms with van der Waals surface area (Å²) in [4.78, 5) is 0. The molecule has 1 aliphatic rings. The van der Waals surface area contributed by atoms with Crippen LogP contribution in [-0.2, 0) is 5.41 Å². The molecule has 0 heterocycles. The van der Waals surface area contributed by atoms with E-state index in [0.717, 1.165) is 30.3 Å². The summed E-state index contributed by atoms with van der Waals surface area (Å²) >= 11 is 0. The molecule has 2 nitrogen and oxygen atoms in total. The Morgan fingerprint density at radius 1 is 0.952 bits per heavy atom. The zero-order chi connectivity index (χ0) is 14.9. The van der Waals surface area contributed by atoms with Crippen molar-refractivity contribution >= 4 is 0 Å². The van der Waals surface area contributed by atoms with E-state index in [1.165, 1.54) is 11.1 Å². The first-order valence-corrected chi connectivity index (χ1v) is 7.47. The van der Waals surface area contributed by atoms with E-state index < -0.39 is 0 Å². The summed E-state index contributed by atoms with van der Waals surface area (Å²) in [6.45, 7) is 2.31. The number of rotatable bonds is 4. The maximum Gasteiger partial charge on any atom is 0.123 e. The first-order chi connectivity index (χ1) is 10.2. The Morgan fingerprint density at radius 3 is 2.24 bits per heavy atom. The average molecular weight is 282 g/mol. The highest BCUT2D eigenvalue weighted by atomic mass is 16.5. The second-order valence-electron chi connectivity index (χ2n) is 6.03. The van der Waals surface area contributed by atoms with Crippen molar-refractivity contribution < 1.29 is 9.47 Å². The van der Waals surface area contributed by atoms with E-state index in [0.29, 0.717) is 0 Å². The Labute approximate surface area is 126 Å². The fourth-order valence-electron chi connectivity index (χ4n) is 3.69. The Bertz CT molecular complexity index is 613. The molecule has 0 N–H and O–H groups in total. The van der Waals surface area contributed by atoms with Crippen LogP contribution in [0, 0.1) is 5.92 Å². The molecule has 3 rings (SSSR count). The van der Waals surface area contributed by atoms with E-state index in [2.05, 4.69) is 43.3 Å². The monoisotopic (exact) mass is 282 g/mol. The van der Waals surface area contributed by atoms with Crippen molar-refractivity contribution in [1.29, 1.82) is 0 Å². The molecule has 0 bridgehead atoms. The molecule has 0 aromatic heterocycles. The van der Waals surface area contributed by atoms with E-state index in [9.17, 15) is 0 Å². The third-order valence-corrected chi connectivity index (χ3v) is 4.64. The van der Waals surface area contributed by atoms with Crippen LogP contribution in [0.25, 0.3) is 0 Å². The number of benzene rings is 2. The zero-order valence-corrected chi connectivity index (χ0v) is 12.9. The predicted molar refractivity (Wildman–Crippen MR) is 85.2 cm³/mol. The van der Waals surface area contributed by atoms with E-state index >= 15 is 0 Å². The molecule has 1 fully saturated rings. The van der Waals surface area contributed by atoms with Crippen LogP contribution < -0.4 is 9.47 Å². The smallest absolute Gasteiger partial charge is 0.123 e. The van der Waals surface area contributed by atoms with Crippen LogP contribution in [-0.4, -0.2) is 14.2 Å².